The van der Waals surface area contributed by atoms with Gasteiger partial charge in [-0.2, -0.15) is 0 Å². The maximum absolute atomic E-state index is 12.1. The van der Waals surface area contributed by atoms with Crippen molar-refractivity contribution in [2.45, 2.75) is 39.2 Å². The first-order valence-electron chi connectivity index (χ1n) is 8.17. The SMILES string of the molecule is COc1ccc(OCC(=O)NC2CCCC(C)C2C)c([N+](=O)[O-])c1. The molecule has 7 heteroatoms. The number of rotatable bonds is 6. The van der Waals surface area contributed by atoms with Gasteiger partial charge in [-0.15, -0.1) is 0 Å². The van der Waals surface area contributed by atoms with E-state index in [-0.39, 0.29) is 30.0 Å². The molecule has 7 nitrogen and oxygen atoms in total. The van der Waals surface area contributed by atoms with Gasteiger partial charge in [-0.1, -0.05) is 26.7 Å². The molecule has 3 atom stereocenters. The van der Waals surface area contributed by atoms with Crippen LogP contribution >= 0.6 is 0 Å². The van der Waals surface area contributed by atoms with E-state index in [0.717, 1.165) is 12.8 Å². The highest BCUT2D eigenvalue weighted by Gasteiger charge is 2.28. The molecule has 1 amide bonds. The van der Waals surface area contributed by atoms with E-state index < -0.39 is 4.92 Å². The van der Waals surface area contributed by atoms with Gasteiger partial charge in [0.1, 0.15) is 5.75 Å². The van der Waals surface area contributed by atoms with Crippen LogP contribution in [-0.2, 0) is 4.79 Å². The Labute approximate surface area is 141 Å². The summed E-state index contributed by atoms with van der Waals surface area (Å²) < 4.78 is 10.3. The van der Waals surface area contributed by atoms with Crippen molar-refractivity contribution in [3.8, 4) is 11.5 Å². The quantitative estimate of drug-likeness (QED) is 0.637. The van der Waals surface area contributed by atoms with E-state index in [9.17, 15) is 14.9 Å². The summed E-state index contributed by atoms with van der Waals surface area (Å²) in [6.45, 7) is 4.09. The van der Waals surface area contributed by atoms with Crippen molar-refractivity contribution >= 4 is 11.6 Å². The number of methoxy groups -OCH3 is 1. The van der Waals surface area contributed by atoms with Gasteiger partial charge < -0.3 is 14.8 Å². The van der Waals surface area contributed by atoms with E-state index >= 15 is 0 Å². The lowest BCUT2D eigenvalue weighted by molar-refractivity contribution is -0.385. The first kappa shape index (κ1) is 18.0. The number of carbonyl (C=O) groups is 1. The number of hydrogen-bond donors (Lipinski definition) is 1. The molecule has 1 saturated carbocycles. The van der Waals surface area contributed by atoms with Gasteiger partial charge >= 0.3 is 5.69 Å². The average Bonchev–Trinajstić information content (AvgIpc) is 2.57. The minimum Gasteiger partial charge on any atom is -0.496 e. The van der Waals surface area contributed by atoms with Crippen molar-refractivity contribution in [1.82, 2.24) is 5.32 Å². The van der Waals surface area contributed by atoms with Gasteiger partial charge in [0.25, 0.3) is 5.91 Å². The monoisotopic (exact) mass is 336 g/mol. The zero-order valence-corrected chi connectivity index (χ0v) is 14.3. The summed E-state index contributed by atoms with van der Waals surface area (Å²) in [5.41, 5.74) is -0.221. The van der Waals surface area contributed by atoms with Crippen LogP contribution in [0.3, 0.4) is 0 Å². The lowest BCUT2D eigenvalue weighted by atomic mass is 9.78. The molecule has 0 radical (unpaired) electrons. The van der Waals surface area contributed by atoms with Gasteiger partial charge in [0.2, 0.25) is 0 Å². The van der Waals surface area contributed by atoms with E-state index in [1.165, 1.54) is 25.7 Å². The zero-order valence-electron chi connectivity index (χ0n) is 14.3. The van der Waals surface area contributed by atoms with Gasteiger partial charge in [0.05, 0.1) is 18.1 Å². The summed E-state index contributed by atoms with van der Waals surface area (Å²) >= 11 is 0. The largest absolute Gasteiger partial charge is 0.496 e. The second kappa shape index (κ2) is 7.99. The number of nitrogens with one attached hydrogen (secondary N) is 1. The number of carbonyl (C=O) groups excluding carboxylic acids is 1. The Morgan fingerprint density at radius 2 is 2.12 bits per heavy atom. The minimum atomic E-state index is -0.555. The number of amides is 1. The highest BCUT2D eigenvalue weighted by molar-refractivity contribution is 5.78. The van der Waals surface area contributed by atoms with Crippen LogP contribution in [-0.4, -0.2) is 30.6 Å². The molecule has 1 aromatic rings. The Morgan fingerprint density at radius 1 is 1.38 bits per heavy atom. The van der Waals surface area contributed by atoms with E-state index in [1.807, 2.05) is 0 Å². The maximum Gasteiger partial charge on any atom is 0.314 e. The number of hydrogen-bond acceptors (Lipinski definition) is 5. The zero-order chi connectivity index (χ0) is 17.7. The highest BCUT2D eigenvalue weighted by Crippen LogP contribution is 2.31. The van der Waals surface area contributed by atoms with Gasteiger partial charge in [-0.05, 0) is 30.4 Å². The Kier molecular flexibility index (Phi) is 6.00. The van der Waals surface area contributed by atoms with Crippen molar-refractivity contribution in [3.63, 3.8) is 0 Å². The number of nitro groups is 1. The smallest absolute Gasteiger partial charge is 0.314 e. The van der Waals surface area contributed by atoms with Crippen LogP contribution in [0.2, 0.25) is 0 Å². The highest BCUT2D eigenvalue weighted by atomic mass is 16.6. The Hall–Kier alpha value is -2.31. The molecule has 1 N–H and O–H groups in total. The van der Waals surface area contributed by atoms with Crippen LogP contribution in [0, 0.1) is 22.0 Å². The number of benzene rings is 1. The minimum absolute atomic E-state index is 0.0565. The molecule has 0 aromatic heterocycles. The van der Waals surface area contributed by atoms with Crippen LogP contribution in [0.1, 0.15) is 33.1 Å². The normalized spacial score (nSPS) is 23.4. The molecule has 0 spiro atoms. The molecule has 0 heterocycles. The first-order chi connectivity index (χ1) is 11.4. The molecular formula is C17H24N2O5. The van der Waals surface area contributed by atoms with Crippen molar-refractivity contribution in [1.29, 1.82) is 0 Å². The lowest BCUT2D eigenvalue weighted by Crippen LogP contribution is -2.45. The fourth-order valence-electron chi connectivity index (χ4n) is 3.07. The Balaban J connectivity index is 1.95. The van der Waals surface area contributed by atoms with Crippen LogP contribution in [0.4, 0.5) is 5.69 Å². The first-order valence-corrected chi connectivity index (χ1v) is 8.17. The molecule has 2 rings (SSSR count). The number of nitro benzene ring substituents is 1. The standard InChI is InChI=1S/C17H24N2O5/c1-11-5-4-6-14(12(11)2)18-17(20)10-24-16-8-7-13(23-3)9-15(16)19(21)22/h7-9,11-12,14H,4-6,10H2,1-3H3,(H,18,20). The van der Waals surface area contributed by atoms with Crippen LogP contribution < -0.4 is 14.8 Å². The summed E-state index contributed by atoms with van der Waals surface area (Å²) in [7, 11) is 1.43. The molecule has 1 fully saturated rings. The lowest BCUT2D eigenvalue weighted by Gasteiger charge is -2.34. The van der Waals surface area contributed by atoms with Gasteiger partial charge in [-0.3, -0.25) is 14.9 Å². The molecule has 1 aliphatic rings. The molecular weight excluding hydrogens is 312 g/mol. The molecule has 0 bridgehead atoms. The second-order valence-electron chi connectivity index (χ2n) is 6.32. The number of nitrogens with zero attached hydrogens (tertiary/aromatic N) is 1. The molecule has 132 valence electrons. The van der Waals surface area contributed by atoms with Crippen molar-refractivity contribution in [2.24, 2.45) is 11.8 Å². The molecule has 0 saturated heterocycles. The Bertz CT molecular complexity index is 605. The fourth-order valence-corrected chi connectivity index (χ4v) is 3.07. The summed E-state index contributed by atoms with van der Waals surface area (Å²) in [6.07, 6.45) is 3.24. The average molecular weight is 336 g/mol. The van der Waals surface area contributed by atoms with Gasteiger partial charge in [-0.25, -0.2) is 0 Å². The molecule has 1 aromatic carbocycles. The second-order valence-corrected chi connectivity index (χ2v) is 6.32. The van der Waals surface area contributed by atoms with Gasteiger partial charge in [0.15, 0.2) is 12.4 Å². The van der Waals surface area contributed by atoms with Gasteiger partial charge in [0, 0.05) is 6.04 Å². The third-order valence-electron chi connectivity index (χ3n) is 4.77. The summed E-state index contributed by atoms with van der Waals surface area (Å²) in [5.74, 6) is 1.15. The van der Waals surface area contributed by atoms with Crippen LogP contribution in [0.15, 0.2) is 18.2 Å². The summed E-state index contributed by atoms with van der Waals surface area (Å²) in [6, 6.07) is 4.41. The number of ether oxygens (including phenoxy) is 2. The van der Waals surface area contributed by atoms with Crippen molar-refractivity contribution < 1.29 is 19.2 Å². The maximum atomic E-state index is 12.1. The van der Waals surface area contributed by atoms with E-state index in [2.05, 4.69) is 19.2 Å². The molecule has 24 heavy (non-hydrogen) atoms. The van der Waals surface area contributed by atoms with Crippen molar-refractivity contribution in [3.05, 3.63) is 28.3 Å². The third kappa shape index (κ3) is 4.37. The van der Waals surface area contributed by atoms with Crippen molar-refractivity contribution in [2.75, 3.05) is 13.7 Å². The molecule has 1 aliphatic carbocycles. The molecule has 0 aliphatic heterocycles. The van der Waals surface area contributed by atoms with E-state index in [0.29, 0.717) is 17.6 Å². The van der Waals surface area contributed by atoms with E-state index in [1.54, 1.807) is 6.07 Å². The predicted octanol–water partition coefficient (Wildman–Crippen LogP) is 2.92. The summed E-state index contributed by atoms with van der Waals surface area (Å²) in [5, 5.41) is 14.1. The Morgan fingerprint density at radius 3 is 2.79 bits per heavy atom. The topological polar surface area (TPSA) is 90.7 Å². The van der Waals surface area contributed by atoms with Crippen LogP contribution in [0.25, 0.3) is 0 Å². The van der Waals surface area contributed by atoms with Crippen LogP contribution in [0.5, 0.6) is 11.5 Å². The van der Waals surface area contributed by atoms with E-state index in [4.69, 9.17) is 9.47 Å². The molecule has 3 unspecified atom stereocenters. The fraction of sp³-hybridized carbons (Fsp3) is 0.588. The predicted molar refractivity (Wildman–Crippen MR) is 89.3 cm³/mol. The third-order valence-corrected chi connectivity index (χ3v) is 4.77. The summed E-state index contributed by atoms with van der Waals surface area (Å²) in [4.78, 5) is 22.7.